The molecule has 31 heavy (non-hydrogen) atoms. The lowest BCUT2D eigenvalue weighted by Crippen LogP contribution is -2.14. The summed E-state index contributed by atoms with van der Waals surface area (Å²) in [5.74, 6) is 0.0870. The van der Waals surface area contributed by atoms with Crippen LogP contribution in [0.5, 0.6) is 0 Å². The molecular weight excluding hydrogens is 435 g/mol. The Labute approximate surface area is 188 Å². The number of hydrogen-bond acceptors (Lipinski definition) is 4. The Morgan fingerprint density at radius 3 is 2.58 bits per heavy atom. The van der Waals surface area contributed by atoms with Gasteiger partial charge in [-0.1, -0.05) is 53.2 Å². The van der Waals surface area contributed by atoms with Gasteiger partial charge in [-0.05, 0) is 55.5 Å². The highest BCUT2D eigenvalue weighted by Crippen LogP contribution is 2.29. The minimum Gasteiger partial charge on any atom is -0.325 e. The van der Waals surface area contributed by atoms with Crippen LogP contribution in [0.15, 0.2) is 78.0 Å². The van der Waals surface area contributed by atoms with Gasteiger partial charge in [-0.25, -0.2) is 4.39 Å². The summed E-state index contributed by atoms with van der Waals surface area (Å²) in [6, 6.07) is 21.1. The van der Waals surface area contributed by atoms with Crippen LogP contribution in [0, 0.1) is 12.7 Å². The lowest BCUT2D eigenvalue weighted by molar-refractivity contribution is -0.113. The standard InChI is InChI=1S/C23H18ClFN4OS/c1-15-4-2-5-16(12-15)22-27-28-23(29(22)20-10-8-17(24)9-11-20)31-14-21(30)26-19-7-3-6-18(25)13-19/h2-13H,14H2,1H3,(H,26,30). The van der Waals surface area contributed by atoms with Gasteiger partial charge < -0.3 is 5.32 Å². The highest BCUT2D eigenvalue weighted by molar-refractivity contribution is 7.99. The first kappa shape index (κ1) is 21.1. The Balaban J connectivity index is 1.61. The average molecular weight is 453 g/mol. The molecule has 1 N–H and O–H groups in total. The molecule has 0 aliphatic carbocycles. The van der Waals surface area contributed by atoms with Gasteiger partial charge in [-0.15, -0.1) is 10.2 Å². The SMILES string of the molecule is Cc1cccc(-c2nnc(SCC(=O)Nc3cccc(F)c3)n2-c2ccc(Cl)cc2)c1. The molecule has 0 atom stereocenters. The first-order valence-corrected chi connectivity index (χ1v) is 10.8. The molecule has 0 fully saturated rings. The van der Waals surface area contributed by atoms with Gasteiger partial charge in [0.2, 0.25) is 5.91 Å². The van der Waals surface area contributed by atoms with Crippen LogP contribution in [0.1, 0.15) is 5.56 Å². The van der Waals surface area contributed by atoms with Gasteiger partial charge in [0.25, 0.3) is 0 Å². The lowest BCUT2D eigenvalue weighted by Gasteiger charge is -2.11. The second-order valence-corrected chi connectivity index (χ2v) is 8.21. The van der Waals surface area contributed by atoms with E-state index in [1.54, 1.807) is 24.3 Å². The fourth-order valence-corrected chi connectivity index (χ4v) is 3.93. The molecule has 3 aromatic carbocycles. The van der Waals surface area contributed by atoms with Crippen molar-refractivity contribution in [3.05, 3.63) is 89.2 Å². The maximum atomic E-state index is 13.3. The Bertz CT molecular complexity index is 1230. The number of halogens is 2. The highest BCUT2D eigenvalue weighted by atomic mass is 35.5. The Kier molecular flexibility index (Phi) is 6.34. The molecule has 4 rings (SSSR count). The molecule has 0 unspecified atom stereocenters. The topological polar surface area (TPSA) is 59.8 Å². The largest absolute Gasteiger partial charge is 0.325 e. The first-order chi connectivity index (χ1) is 15.0. The first-order valence-electron chi connectivity index (χ1n) is 9.46. The molecule has 0 saturated carbocycles. The molecule has 0 saturated heterocycles. The maximum absolute atomic E-state index is 13.3. The van der Waals surface area contributed by atoms with Crippen molar-refractivity contribution in [2.24, 2.45) is 0 Å². The smallest absolute Gasteiger partial charge is 0.234 e. The molecule has 0 radical (unpaired) electrons. The van der Waals surface area contributed by atoms with Crippen LogP contribution >= 0.6 is 23.4 Å². The summed E-state index contributed by atoms with van der Waals surface area (Å²) in [6.45, 7) is 2.01. The van der Waals surface area contributed by atoms with Crippen molar-refractivity contribution in [3.63, 3.8) is 0 Å². The van der Waals surface area contributed by atoms with Gasteiger partial charge in [0.05, 0.1) is 5.75 Å². The van der Waals surface area contributed by atoms with E-state index in [9.17, 15) is 9.18 Å². The van der Waals surface area contributed by atoms with Gasteiger partial charge in [-0.2, -0.15) is 0 Å². The zero-order chi connectivity index (χ0) is 21.8. The highest BCUT2D eigenvalue weighted by Gasteiger charge is 2.17. The minimum atomic E-state index is -0.407. The number of rotatable bonds is 6. The third-order valence-corrected chi connectivity index (χ3v) is 5.62. The molecule has 0 bridgehead atoms. The van der Waals surface area contributed by atoms with E-state index < -0.39 is 5.82 Å². The number of hydrogen-bond donors (Lipinski definition) is 1. The molecule has 0 aliphatic rings. The summed E-state index contributed by atoms with van der Waals surface area (Å²) in [7, 11) is 0. The van der Waals surface area contributed by atoms with Crippen molar-refractivity contribution >= 4 is 35.0 Å². The van der Waals surface area contributed by atoms with E-state index >= 15 is 0 Å². The van der Waals surface area contributed by atoms with E-state index in [-0.39, 0.29) is 11.7 Å². The van der Waals surface area contributed by atoms with Gasteiger partial charge in [-0.3, -0.25) is 9.36 Å². The van der Waals surface area contributed by atoms with Crippen molar-refractivity contribution in [2.45, 2.75) is 12.1 Å². The summed E-state index contributed by atoms with van der Waals surface area (Å²) in [5.41, 5.74) is 3.26. The van der Waals surface area contributed by atoms with E-state index in [2.05, 4.69) is 15.5 Å². The second-order valence-electron chi connectivity index (χ2n) is 6.83. The predicted octanol–water partition coefficient (Wildman–Crippen LogP) is 5.77. The number of nitrogens with zero attached hydrogens (tertiary/aromatic N) is 3. The van der Waals surface area contributed by atoms with Crippen LogP contribution in [0.4, 0.5) is 10.1 Å². The van der Waals surface area contributed by atoms with Crippen molar-refractivity contribution in [1.29, 1.82) is 0 Å². The number of anilines is 1. The van der Waals surface area contributed by atoms with Crippen molar-refractivity contribution in [3.8, 4) is 17.1 Å². The monoisotopic (exact) mass is 452 g/mol. The second kappa shape index (κ2) is 9.32. The Morgan fingerprint density at radius 2 is 1.84 bits per heavy atom. The Morgan fingerprint density at radius 1 is 1.06 bits per heavy atom. The number of carbonyl (C=O) groups excluding carboxylic acids is 1. The molecule has 4 aromatic rings. The fraction of sp³-hybridized carbons (Fsp3) is 0.0870. The zero-order valence-corrected chi connectivity index (χ0v) is 18.1. The van der Waals surface area contributed by atoms with Crippen LogP contribution in [-0.2, 0) is 4.79 Å². The number of nitrogens with one attached hydrogen (secondary N) is 1. The zero-order valence-electron chi connectivity index (χ0n) is 16.5. The number of carbonyl (C=O) groups is 1. The van der Waals surface area contributed by atoms with Crippen LogP contribution in [0.3, 0.4) is 0 Å². The van der Waals surface area contributed by atoms with Crippen LogP contribution in [-0.4, -0.2) is 26.4 Å². The minimum absolute atomic E-state index is 0.0933. The van der Waals surface area contributed by atoms with Crippen molar-refractivity contribution in [2.75, 3.05) is 11.1 Å². The van der Waals surface area contributed by atoms with Gasteiger partial charge in [0.1, 0.15) is 5.82 Å². The fourth-order valence-electron chi connectivity index (χ4n) is 3.05. The van der Waals surface area contributed by atoms with Crippen LogP contribution < -0.4 is 5.32 Å². The van der Waals surface area contributed by atoms with Crippen molar-refractivity contribution in [1.82, 2.24) is 14.8 Å². The summed E-state index contributed by atoms with van der Waals surface area (Å²) in [4.78, 5) is 12.4. The average Bonchev–Trinajstić information content (AvgIpc) is 3.17. The number of aromatic nitrogens is 3. The molecule has 5 nitrogen and oxygen atoms in total. The molecular formula is C23H18ClFN4OS. The molecule has 0 spiro atoms. The van der Waals surface area contributed by atoms with Gasteiger partial charge in [0.15, 0.2) is 11.0 Å². The number of amides is 1. The quantitative estimate of drug-likeness (QED) is 0.377. The normalized spacial score (nSPS) is 10.8. The molecule has 156 valence electrons. The summed E-state index contributed by atoms with van der Waals surface area (Å²) >= 11 is 7.30. The van der Waals surface area contributed by atoms with Crippen LogP contribution in [0.25, 0.3) is 17.1 Å². The summed E-state index contributed by atoms with van der Waals surface area (Å²) in [6.07, 6.45) is 0. The molecule has 0 aliphatic heterocycles. The van der Waals surface area contributed by atoms with E-state index in [0.29, 0.717) is 21.7 Å². The van der Waals surface area contributed by atoms with Crippen molar-refractivity contribution < 1.29 is 9.18 Å². The third-order valence-electron chi connectivity index (χ3n) is 4.44. The lowest BCUT2D eigenvalue weighted by atomic mass is 10.1. The number of thioether (sulfide) groups is 1. The van der Waals surface area contributed by atoms with Crippen LogP contribution in [0.2, 0.25) is 5.02 Å². The van der Waals surface area contributed by atoms with E-state index in [1.807, 2.05) is 47.9 Å². The molecule has 1 heterocycles. The predicted molar refractivity (Wildman–Crippen MR) is 122 cm³/mol. The summed E-state index contributed by atoms with van der Waals surface area (Å²) < 4.78 is 15.2. The molecule has 8 heteroatoms. The van der Waals surface area contributed by atoms with E-state index in [4.69, 9.17) is 11.6 Å². The number of benzene rings is 3. The molecule has 1 amide bonds. The van der Waals surface area contributed by atoms with E-state index in [0.717, 1.165) is 16.8 Å². The third kappa shape index (κ3) is 5.13. The van der Waals surface area contributed by atoms with Gasteiger partial charge in [0, 0.05) is 22.0 Å². The van der Waals surface area contributed by atoms with E-state index in [1.165, 1.54) is 23.9 Å². The summed E-state index contributed by atoms with van der Waals surface area (Å²) in [5, 5.41) is 12.6. The Hall–Kier alpha value is -3.16. The molecule has 1 aromatic heterocycles. The van der Waals surface area contributed by atoms with Gasteiger partial charge >= 0.3 is 0 Å². The number of aryl methyl sites for hydroxylation is 1. The maximum Gasteiger partial charge on any atom is 0.234 e.